The minimum absolute atomic E-state index is 0.0597. The van der Waals surface area contributed by atoms with Crippen molar-refractivity contribution < 1.29 is 9.18 Å². The Morgan fingerprint density at radius 1 is 1.11 bits per heavy atom. The number of pyridine rings is 1. The molecule has 0 spiro atoms. The zero-order valence-electron chi connectivity index (χ0n) is 25.3. The van der Waals surface area contributed by atoms with Crippen molar-refractivity contribution >= 4 is 45.9 Å². The molecule has 6 rings (SSSR count). The maximum atomic E-state index is 15.2. The number of carbonyl (C=O) groups excluding carboxylic acids is 1. The number of halogens is 2. The van der Waals surface area contributed by atoms with Gasteiger partial charge in [-0.05, 0) is 56.6 Å². The smallest absolute Gasteiger partial charge is 0.260 e. The van der Waals surface area contributed by atoms with Gasteiger partial charge in [-0.2, -0.15) is 4.98 Å². The zero-order valence-corrected chi connectivity index (χ0v) is 26.1. The van der Waals surface area contributed by atoms with Crippen molar-refractivity contribution in [3.05, 3.63) is 75.4 Å². The molecular formula is C33H37ClFN7O2. The average molecular weight is 618 g/mol. The molecule has 1 N–H and O–H groups in total. The highest BCUT2D eigenvalue weighted by molar-refractivity contribution is 6.33. The number of anilines is 3. The number of likely N-dealkylation sites (N-methyl/N-ethyl adjacent to an activating group) is 1. The first-order chi connectivity index (χ1) is 21.2. The summed E-state index contributed by atoms with van der Waals surface area (Å²) in [7, 11) is 2.07. The molecule has 2 aliphatic heterocycles. The van der Waals surface area contributed by atoms with Crippen molar-refractivity contribution in [2.45, 2.75) is 39.2 Å². The van der Waals surface area contributed by atoms with E-state index in [0.717, 1.165) is 44.6 Å². The highest BCUT2D eigenvalue weighted by Gasteiger charge is 2.29. The Kier molecular flexibility index (Phi) is 8.55. The molecule has 2 aliphatic rings. The maximum Gasteiger partial charge on any atom is 0.260 e. The molecule has 11 heteroatoms. The van der Waals surface area contributed by atoms with Gasteiger partial charge in [0.15, 0.2) is 0 Å². The number of piperidine rings is 1. The number of hydrogen-bond acceptors (Lipinski definition) is 7. The fraction of sp³-hybridized carbons (Fsp3) is 0.394. The van der Waals surface area contributed by atoms with Crippen LogP contribution in [0.3, 0.4) is 0 Å². The Hall–Kier alpha value is -4.02. The molecule has 9 nitrogen and oxygen atoms in total. The summed E-state index contributed by atoms with van der Waals surface area (Å²) in [6.07, 6.45) is 3.60. The molecular weight excluding hydrogens is 581 g/mol. The van der Waals surface area contributed by atoms with Crippen LogP contribution in [0.25, 0.3) is 22.2 Å². The number of rotatable bonds is 6. The number of carbonyl (C=O) groups is 1. The van der Waals surface area contributed by atoms with E-state index in [2.05, 4.69) is 27.1 Å². The van der Waals surface area contributed by atoms with Crippen LogP contribution in [0.15, 0.2) is 53.5 Å². The number of nitrogens with one attached hydrogen (secondary N) is 1. The number of aromatic nitrogens is 3. The first kappa shape index (κ1) is 30.0. The summed E-state index contributed by atoms with van der Waals surface area (Å²) < 4.78 is 17.0. The minimum atomic E-state index is -0.319. The standard InChI is InChI=1S/C33H37ClFN7O2/c1-4-29(43)41-13-7-8-23(20-41)42-31-25(21(2)30(32(42)44)24-9-5-6-10-26(24)34)19-36-33(38-31)37-22-11-12-28(27(35)18-22)40-16-14-39(3)15-17-40/h5-6,9-12,18-19,23H,4,7-8,13-17,20H2,1-3H3,(H,36,37,38). The molecule has 4 aromatic rings. The van der Waals surface area contributed by atoms with Crippen LogP contribution in [0.5, 0.6) is 0 Å². The second-order valence-corrected chi connectivity index (χ2v) is 12.1. The lowest BCUT2D eigenvalue weighted by atomic mass is 9.98. The van der Waals surface area contributed by atoms with Gasteiger partial charge in [-0.25, -0.2) is 9.37 Å². The maximum absolute atomic E-state index is 15.2. The second kappa shape index (κ2) is 12.5. The number of hydrogen-bond donors (Lipinski definition) is 1. The summed E-state index contributed by atoms with van der Waals surface area (Å²) in [5.41, 5.74) is 3.19. The predicted octanol–water partition coefficient (Wildman–Crippen LogP) is 5.63. The van der Waals surface area contributed by atoms with Crippen LogP contribution >= 0.6 is 11.6 Å². The first-order valence-corrected chi connectivity index (χ1v) is 15.6. The summed E-state index contributed by atoms with van der Waals surface area (Å²) >= 11 is 6.59. The van der Waals surface area contributed by atoms with Crippen molar-refractivity contribution in [2.75, 3.05) is 56.5 Å². The van der Waals surface area contributed by atoms with Gasteiger partial charge in [-0.1, -0.05) is 36.7 Å². The summed E-state index contributed by atoms with van der Waals surface area (Å²) in [5, 5.41) is 4.33. The minimum Gasteiger partial charge on any atom is -0.367 e. The van der Waals surface area contributed by atoms with Crippen molar-refractivity contribution in [3.8, 4) is 11.1 Å². The molecule has 1 amide bonds. The summed E-state index contributed by atoms with van der Waals surface area (Å²) in [6.45, 7) is 8.11. The van der Waals surface area contributed by atoms with Gasteiger partial charge in [0.1, 0.15) is 11.5 Å². The SMILES string of the molecule is CCC(=O)N1CCCC(n2c(=O)c(-c3ccccc3Cl)c(C)c3cnc(Nc4ccc(N5CCN(C)CC5)c(F)c4)nc32)C1. The fourth-order valence-corrected chi connectivity index (χ4v) is 6.58. The fourth-order valence-electron chi connectivity index (χ4n) is 6.35. The van der Waals surface area contributed by atoms with Crippen LogP contribution in [-0.4, -0.2) is 76.6 Å². The molecule has 0 bridgehead atoms. The third kappa shape index (κ3) is 5.76. The van der Waals surface area contributed by atoms with E-state index < -0.39 is 0 Å². The van der Waals surface area contributed by atoms with Crippen LogP contribution in [0.4, 0.5) is 21.7 Å². The van der Waals surface area contributed by atoms with Gasteiger partial charge < -0.3 is 20.0 Å². The molecule has 0 aliphatic carbocycles. The summed E-state index contributed by atoms with van der Waals surface area (Å²) in [4.78, 5) is 42.6. The lowest BCUT2D eigenvalue weighted by Gasteiger charge is -2.34. The zero-order chi connectivity index (χ0) is 31.0. The number of likely N-dealkylation sites (tertiary alicyclic amines) is 1. The first-order valence-electron chi connectivity index (χ1n) is 15.2. The Labute approximate surface area is 261 Å². The molecule has 230 valence electrons. The van der Waals surface area contributed by atoms with Crippen LogP contribution < -0.4 is 15.8 Å². The predicted molar refractivity (Wildman–Crippen MR) is 174 cm³/mol. The van der Waals surface area contributed by atoms with Gasteiger partial charge in [-0.15, -0.1) is 0 Å². The molecule has 2 aromatic carbocycles. The topological polar surface area (TPSA) is 86.6 Å². The Balaban J connectivity index is 1.42. The van der Waals surface area contributed by atoms with E-state index in [1.54, 1.807) is 22.9 Å². The van der Waals surface area contributed by atoms with E-state index in [4.69, 9.17) is 16.6 Å². The summed E-state index contributed by atoms with van der Waals surface area (Å²) in [6, 6.07) is 12.1. The molecule has 1 atom stereocenters. The molecule has 2 saturated heterocycles. The highest BCUT2D eigenvalue weighted by atomic mass is 35.5. The van der Waals surface area contributed by atoms with Crippen molar-refractivity contribution in [2.24, 2.45) is 0 Å². The number of amides is 1. The van der Waals surface area contributed by atoms with E-state index >= 15 is 4.39 Å². The quantitative estimate of drug-likeness (QED) is 0.300. The number of nitrogens with zero attached hydrogens (tertiary/aromatic N) is 6. The molecule has 0 saturated carbocycles. The number of aryl methyl sites for hydroxylation is 1. The Bertz CT molecular complexity index is 1770. The van der Waals surface area contributed by atoms with E-state index in [1.165, 1.54) is 6.07 Å². The molecule has 44 heavy (non-hydrogen) atoms. The van der Waals surface area contributed by atoms with E-state index in [0.29, 0.717) is 58.1 Å². The molecule has 2 fully saturated rings. The lowest BCUT2D eigenvalue weighted by Crippen LogP contribution is -2.44. The monoisotopic (exact) mass is 617 g/mol. The van der Waals surface area contributed by atoms with Crippen LogP contribution in [0.1, 0.15) is 37.8 Å². The van der Waals surface area contributed by atoms with E-state index in [9.17, 15) is 9.59 Å². The van der Waals surface area contributed by atoms with Gasteiger partial charge in [-0.3, -0.25) is 14.2 Å². The van der Waals surface area contributed by atoms with Crippen LogP contribution in [0, 0.1) is 12.7 Å². The summed E-state index contributed by atoms with van der Waals surface area (Å²) in [5.74, 6) is -0.00974. The molecule has 0 radical (unpaired) electrons. The van der Waals surface area contributed by atoms with Crippen LogP contribution in [0.2, 0.25) is 5.02 Å². The van der Waals surface area contributed by atoms with Gasteiger partial charge in [0.05, 0.1) is 17.3 Å². The molecule has 1 unspecified atom stereocenters. The third-order valence-corrected chi connectivity index (χ3v) is 9.15. The normalized spacial score (nSPS) is 17.7. The van der Waals surface area contributed by atoms with Gasteiger partial charge >= 0.3 is 0 Å². The number of benzene rings is 2. The Morgan fingerprint density at radius 3 is 2.61 bits per heavy atom. The number of piperazine rings is 1. The third-order valence-electron chi connectivity index (χ3n) is 8.82. The van der Waals surface area contributed by atoms with E-state index in [-0.39, 0.29) is 29.3 Å². The van der Waals surface area contributed by atoms with Gasteiger partial charge in [0, 0.05) is 73.5 Å². The largest absolute Gasteiger partial charge is 0.367 e. The number of fused-ring (bicyclic) bond motifs is 1. The highest BCUT2D eigenvalue weighted by Crippen LogP contribution is 2.34. The van der Waals surface area contributed by atoms with Crippen molar-refractivity contribution in [3.63, 3.8) is 0 Å². The Morgan fingerprint density at radius 2 is 1.89 bits per heavy atom. The van der Waals surface area contributed by atoms with Crippen molar-refractivity contribution in [1.29, 1.82) is 0 Å². The van der Waals surface area contributed by atoms with Crippen LogP contribution in [-0.2, 0) is 4.79 Å². The molecule has 2 aromatic heterocycles. The average Bonchev–Trinajstić information content (AvgIpc) is 3.02. The lowest BCUT2D eigenvalue weighted by molar-refractivity contribution is -0.132. The molecule has 4 heterocycles. The van der Waals surface area contributed by atoms with Crippen molar-refractivity contribution in [1.82, 2.24) is 24.3 Å². The van der Waals surface area contributed by atoms with E-state index in [1.807, 2.05) is 43.0 Å². The van der Waals surface area contributed by atoms with Gasteiger partial charge in [0.2, 0.25) is 11.9 Å². The van der Waals surface area contributed by atoms with Gasteiger partial charge in [0.25, 0.3) is 5.56 Å². The second-order valence-electron chi connectivity index (χ2n) is 11.7.